The summed E-state index contributed by atoms with van der Waals surface area (Å²) in [5.74, 6) is 1.63. The number of sulfonamides is 1. The zero-order valence-electron chi connectivity index (χ0n) is 21.8. The largest absolute Gasteiger partial charge is 0.477 e. The molecule has 2 aromatic rings. The predicted octanol–water partition coefficient (Wildman–Crippen LogP) is 2.26. The smallest absolute Gasteiger partial charge is 0.254 e. The Balaban J connectivity index is 1.09. The van der Waals surface area contributed by atoms with Crippen molar-refractivity contribution in [2.24, 2.45) is 22.9 Å². The summed E-state index contributed by atoms with van der Waals surface area (Å²) in [6.07, 6.45) is 4.13. The lowest BCUT2D eigenvalue weighted by Gasteiger charge is -2.23. The average molecular weight is 555 g/mol. The quantitative estimate of drug-likeness (QED) is 0.555. The van der Waals surface area contributed by atoms with Crippen molar-refractivity contribution in [2.45, 2.75) is 36.5 Å². The lowest BCUT2D eigenvalue weighted by Crippen LogP contribution is -2.35. The molecule has 3 aliphatic heterocycles. The van der Waals surface area contributed by atoms with Gasteiger partial charge in [0.25, 0.3) is 11.8 Å². The highest BCUT2D eigenvalue weighted by molar-refractivity contribution is 7.89. The zero-order valence-corrected chi connectivity index (χ0v) is 22.6. The Kier molecular flexibility index (Phi) is 7.07. The van der Waals surface area contributed by atoms with E-state index in [-0.39, 0.29) is 28.5 Å². The normalized spacial score (nSPS) is 23.6. The summed E-state index contributed by atoms with van der Waals surface area (Å²) >= 11 is 0. The van der Waals surface area contributed by atoms with Crippen molar-refractivity contribution in [2.75, 3.05) is 46.0 Å². The van der Waals surface area contributed by atoms with Crippen LogP contribution in [0.25, 0.3) is 0 Å². The molecule has 2 amide bonds. The van der Waals surface area contributed by atoms with Gasteiger partial charge in [0.1, 0.15) is 0 Å². The molecule has 11 heteroatoms. The van der Waals surface area contributed by atoms with E-state index in [0.717, 1.165) is 44.6 Å². The highest BCUT2D eigenvalue weighted by Gasteiger charge is 2.43. The van der Waals surface area contributed by atoms with Gasteiger partial charge in [0.2, 0.25) is 15.9 Å². The summed E-state index contributed by atoms with van der Waals surface area (Å²) in [4.78, 5) is 35.0. The number of pyridine rings is 1. The Morgan fingerprint density at radius 1 is 0.897 bits per heavy atom. The topological polar surface area (TPSA) is 132 Å². The number of carbonyl (C=O) groups is 2. The minimum absolute atomic E-state index is 0.0129. The molecule has 0 spiro atoms. The van der Waals surface area contributed by atoms with Crippen LogP contribution in [-0.2, 0) is 14.8 Å². The Morgan fingerprint density at radius 3 is 2.05 bits per heavy atom. The van der Waals surface area contributed by atoms with E-state index in [2.05, 4.69) is 0 Å². The molecule has 0 unspecified atom stereocenters. The SMILES string of the molecule is NS(=O)(=O)c1ccc(C(=O)N2C[C@H]3CN(C(=O)c4cc(OCC5CCOCC5)nc(C5CC5)c4)C[C@@H]3C2)cc1. The first kappa shape index (κ1) is 26.2. The summed E-state index contributed by atoms with van der Waals surface area (Å²) in [5.41, 5.74) is 1.98. The maximum atomic E-state index is 13.6. The number of nitrogens with two attached hydrogens (primary N) is 1. The van der Waals surface area contributed by atoms with E-state index in [1.165, 1.54) is 24.3 Å². The number of rotatable bonds is 7. The second kappa shape index (κ2) is 10.5. The minimum atomic E-state index is -3.81. The van der Waals surface area contributed by atoms with Gasteiger partial charge in [-0.05, 0) is 61.9 Å². The predicted molar refractivity (Wildman–Crippen MR) is 142 cm³/mol. The third-order valence-corrected chi connectivity index (χ3v) is 9.29. The zero-order chi connectivity index (χ0) is 27.1. The van der Waals surface area contributed by atoms with Crippen LogP contribution in [0.4, 0.5) is 0 Å². The molecule has 1 saturated carbocycles. The van der Waals surface area contributed by atoms with Crippen molar-refractivity contribution in [1.29, 1.82) is 0 Å². The number of ether oxygens (including phenoxy) is 2. The van der Waals surface area contributed by atoms with Crippen LogP contribution >= 0.6 is 0 Å². The number of hydrogen-bond acceptors (Lipinski definition) is 7. The molecule has 1 aromatic heterocycles. The summed E-state index contributed by atoms with van der Waals surface area (Å²) in [7, 11) is -3.81. The van der Waals surface area contributed by atoms with Gasteiger partial charge >= 0.3 is 0 Å². The van der Waals surface area contributed by atoms with Crippen molar-refractivity contribution in [3.8, 4) is 5.88 Å². The summed E-state index contributed by atoms with van der Waals surface area (Å²) in [5, 5.41) is 5.16. The van der Waals surface area contributed by atoms with Crippen LogP contribution in [-0.4, -0.2) is 81.0 Å². The van der Waals surface area contributed by atoms with E-state index in [1.54, 1.807) is 11.0 Å². The molecule has 1 aromatic carbocycles. The number of aromatic nitrogens is 1. The molecule has 4 aliphatic rings. The van der Waals surface area contributed by atoms with Crippen molar-refractivity contribution >= 4 is 21.8 Å². The van der Waals surface area contributed by atoms with Crippen LogP contribution in [0.1, 0.15) is 58.0 Å². The average Bonchev–Trinajstić information content (AvgIpc) is 3.61. The molecular formula is C28H34N4O6S. The van der Waals surface area contributed by atoms with Gasteiger partial charge in [0, 0.05) is 80.0 Å². The fourth-order valence-corrected chi connectivity index (χ4v) is 6.42. The fraction of sp³-hybridized carbons (Fsp3) is 0.536. The first-order valence-corrected chi connectivity index (χ1v) is 15.2. The summed E-state index contributed by atoms with van der Waals surface area (Å²) in [6.45, 7) is 4.42. The summed E-state index contributed by atoms with van der Waals surface area (Å²) in [6, 6.07) is 9.40. The first-order valence-electron chi connectivity index (χ1n) is 13.7. The molecule has 39 heavy (non-hydrogen) atoms. The van der Waals surface area contributed by atoms with E-state index < -0.39 is 10.0 Å². The maximum Gasteiger partial charge on any atom is 0.254 e. The third kappa shape index (κ3) is 5.80. The molecule has 0 radical (unpaired) electrons. The van der Waals surface area contributed by atoms with Gasteiger partial charge in [-0.15, -0.1) is 0 Å². The molecule has 1 aliphatic carbocycles. The van der Waals surface area contributed by atoms with Gasteiger partial charge in [0.05, 0.1) is 11.5 Å². The third-order valence-electron chi connectivity index (χ3n) is 8.36. The second-order valence-corrected chi connectivity index (χ2v) is 12.8. The van der Waals surface area contributed by atoms with Crippen molar-refractivity contribution in [3.63, 3.8) is 0 Å². The lowest BCUT2D eigenvalue weighted by molar-refractivity contribution is 0.0490. The molecule has 208 valence electrons. The molecule has 4 fully saturated rings. The van der Waals surface area contributed by atoms with Crippen LogP contribution in [0.15, 0.2) is 41.3 Å². The van der Waals surface area contributed by atoms with Gasteiger partial charge in [0.15, 0.2) is 0 Å². The number of nitrogens with zero attached hydrogens (tertiary/aromatic N) is 3. The molecule has 0 bridgehead atoms. The molecule has 10 nitrogen and oxygen atoms in total. The number of primary sulfonamides is 1. The Morgan fingerprint density at radius 2 is 1.49 bits per heavy atom. The number of fused-ring (bicyclic) bond motifs is 1. The second-order valence-electron chi connectivity index (χ2n) is 11.3. The van der Waals surface area contributed by atoms with Crippen molar-refractivity contribution < 1.29 is 27.5 Å². The van der Waals surface area contributed by atoms with Gasteiger partial charge < -0.3 is 19.3 Å². The van der Waals surface area contributed by atoms with Crippen LogP contribution in [0, 0.1) is 17.8 Å². The van der Waals surface area contributed by atoms with Crippen molar-refractivity contribution in [1.82, 2.24) is 14.8 Å². The Labute approximate surface area is 228 Å². The fourth-order valence-electron chi connectivity index (χ4n) is 5.90. The number of carbonyl (C=O) groups excluding carboxylic acids is 2. The number of benzene rings is 1. The molecule has 2 N–H and O–H groups in total. The highest BCUT2D eigenvalue weighted by Crippen LogP contribution is 2.40. The molecular weight excluding hydrogens is 520 g/mol. The summed E-state index contributed by atoms with van der Waals surface area (Å²) < 4.78 is 34.5. The lowest BCUT2D eigenvalue weighted by atomic mass is 10.0. The first-order chi connectivity index (χ1) is 18.7. The Hall–Kier alpha value is -3.02. The van der Waals surface area contributed by atoms with E-state index in [0.29, 0.717) is 61.6 Å². The van der Waals surface area contributed by atoms with E-state index in [4.69, 9.17) is 19.6 Å². The van der Waals surface area contributed by atoms with E-state index in [1.807, 2.05) is 11.0 Å². The standard InChI is InChI=1S/C28H34N4O6S/c29-39(35,36)24-5-3-20(4-6-24)27(33)31-13-22-15-32(16-23(22)14-31)28(34)21-11-25(19-1-2-19)30-26(12-21)38-17-18-7-9-37-10-8-18/h3-6,11-12,18-19,22-23H,1-2,7-10,13-17H2,(H2,29,35,36)/t22-,23-/m0/s1. The highest BCUT2D eigenvalue weighted by atomic mass is 32.2. The minimum Gasteiger partial charge on any atom is -0.477 e. The van der Waals surface area contributed by atoms with Crippen LogP contribution < -0.4 is 9.88 Å². The number of likely N-dealkylation sites (tertiary alicyclic amines) is 2. The Bertz CT molecular complexity index is 1340. The van der Waals surface area contributed by atoms with Crippen LogP contribution in [0.3, 0.4) is 0 Å². The van der Waals surface area contributed by atoms with Gasteiger partial charge in [-0.25, -0.2) is 18.5 Å². The molecule has 3 saturated heterocycles. The van der Waals surface area contributed by atoms with Gasteiger partial charge in [-0.3, -0.25) is 9.59 Å². The van der Waals surface area contributed by atoms with E-state index >= 15 is 0 Å². The van der Waals surface area contributed by atoms with Gasteiger partial charge in [-0.2, -0.15) is 0 Å². The van der Waals surface area contributed by atoms with Crippen molar-refractivity contribution in [3.05, 3.63) is 53.2 Å². The molecule has 6 rings (SSSR count). The van der Waals surface area contributed by atoms with Crippen LogP contribution in [0.2, 0.25) is 0 Å². The van der Waals surface area contributed by atoms with E-state index in [9.17, 15) is 18.0 Å². The maximum absolute atomic E-state index is 13.6. The number of amides is 2. The number of hydrogen-bond donors (Lipinski definition) is 1. The van der Waals surface area contributed by atoms with Gasteiger partial charge in [-0.1, -0.05) is 0 Å². The molecule has 2 atom stereocenters. The monoisotopic (exact) mass is 554 g/mol. The van der Waals surface area contributed by atoms with Crippen LogP contribution in [0.5, 0.6) is 5.88 Å². The molecule has 4 heterocycles.